The van der Waals surface area contributed by atoms with Gasteiger partial charge in [-0.05, 0) is 164 Å². The number of allylic oxidation sites excluding steroid dienone is 2. The third-order valence-corrected chi connectivity index (χ3v) is 12.3. The molecule has 0 heterocycles. The van der Waals surface area contributed by atoms with Crippen molar-refractivity contribution in [1.29, 1.82) is 0 Å². The normalized spacial score (nSPS) is 14.2. The second kappa shape index (κ2) is 18.8. The SMILES string of the molecule is Cc1cccc(N(c2ccccc2)c2ccc(N(c3ccc(N(c4ccccc4)c4cccc(C)c4)cc3)C3(N(c4ccccc4)c4ccccc4)C=CC(c4ccccc4)=CC3)cc2)c1. The zero-order valence-electron chi connectivity index (χ0n) is 37.4. The number of hydrogen-bond acceptors (Lipinski definition) is 4. The molecule has 4 heteroatoms. The summed E-state index contributed by atoms with van der Waals surface area (Å²) in [5.41, 5.74) is 14.9. The molecule has 9 aromatic carbocycles. The van der Waals surface area contributed by atoms with Gasteiger partial charge in [-0.15, -0.1) is 0 Å². The molecule has 320 valence electrons. The van der Waals surface area contributed by atoms with E-state index in [1.54, 1.807) is 0 Å². The van der Waals surface area contributed by atoms with Crippen LogP contribution in [0.2, 0.25) is 0 Å². The van der Waals surface area contributed by atoms with E-state index in [0.29, 0.717) is 6.42 Å². The van der Waals surface area contributed by atoms with Crippen LogP contribution in [0.4, 0.5) is 56.9 Å². The van der Waals surface area contributed by atoms with Gasteiger partial charge in [0.2, 0.25) is 0 Å². The van der Waals surface area contributed by atoms with Crippen molar-refractivity contribution >= 4 is 62.4 Å². The van der Waals surface area contributed by atoms with Crippen LogP contribution in [-0.2, 0) is 0 Å². The lowest BCUT2D eigenvalue weighted by atomic mass is 9.88. The van der Waals surface area contributed by atoms with Gasteiger partial charge < -0.3 is 19.6 Å². The molecule has 10 rings (SSSR count). The molecule has 1 unspecified atom stereocenters. The highest BCUT2D eigenvalue weighted by molar-refractivity contribution is 5.85. The smallest absolute Gasteiger partial charge is 0.145 e. The van der Waals surface area contributed by atoms with Crippen LogP contribution in [0.25, 0.3) is 5.57 Å². The third kappa shape index (κ3) is 8.53. The first kappa shape index (κ1) is 41.7. The molecule has 0 saturated carbocycles. The summed E-state index contributed by atoms with van der Waals surface area (Å²) in [4.78, 5) is 9.72. The van der Waals surface area contributed by atoms with E-state index in [4.69, 9.17) is 0 Å². The summed E-state index contributed by atoms with van der Waals surface area (Å²) in [5.74, 6) is 0. The van der Waals surface area contributed by atoms with Crippen LogP contribution in [0.1, 0.15) is 23.1 Å². The average molecular weight is 853 g/mol. The fourth-order valence-electron chi connectivity index (χ4n) is 9.33. The minimum absolute atomic E-state index is 0.680. The zero-order valence-corrected chi connectivity index (χ0v) is 37.4. The average Bonchev–Trinajstić information content (AvgIpc) is 3.37. The highest BCUT2D eigenvalue weighted by Gasteiger charge is 2.43. The summed E-state index contributed by atoms with van der Waals surface area (Å²) in [6, 6.07) is 89.3. The Hall–Kier alpha value is -8.34. The number of anilines is 10. The molecule has 0 aromatic heterocycles. The zero-order chi connectivity index (χ0) is 44.7. The lowest BCUT2D eigenvalue weighted by molar-refractivity contribution is 0.526. The monoisotopic (exact) mass is 852 g/mol. The minimum atomic E-state index is -0.755. The second-order valence-corrected chi connectivity index (χ2v) is 16.8. The van der Waals surface area contributed by atoms with Gasteiger partial charge in [-0.2, -0.15) is 0 Å². The lowest BCUT2D eigenvalue weighted by Crippen LogP contribution is -2.57. The van der Waals surface area contributed by atoms with Crippen LogP contribution in [0.3, 0.4) is 0 Å². The van der Waals surface area contributed by atoms with E-state index in [1.165, 1.54) is 22.3 Å². The van der Waals surface area contributed by atoms with Gasteiger partial charge in [-0.3, -0.25) is 0 Å². The van der Waals surface area contributed by atoms with Crippen LogP contribution in [0.5, 0.6) is 0 Å². The summed E-state index contributed by atoms with van der Waals surface area (Å²) in [6.07, 6.45) is 7.83. The Morgan fingerprint density at radius 1 is 0.318 bits per heavy atom. The number of benzene rings is 9. The van der Waals surface area contributed by atoms with Gasteiger partial charge in [0.05, 0.1) is 0 Å². The highest BCUT2D eigenvalue weighted by Crippen LogP contribution is 2.49. The van der Waals surface area contributed by atoms with Crippen molar-refractivity contribution in [3.05, 3.63) is 284 Å². The molecule has 9 aromatic rings. The van der Waals surface area contributed by atoms with Gasteiger partial charge in [0.1, 0.15) is 5.66 Å². The maximum Gasteiger partial charge on any atom is 0.145 e. The first-order valence-electron chi connectivity index (χ1n) is 22.7. The van der Waals surface area contributed by atoms with Crippen LogP contribution in [0, 0.1) is 13.8 Å². The predicted molar refractivity (Wildman–Crippen MR) is 280 cm³/mol. The second-order valence-electron chi connectivity index (χ2n) is 16.8. The Kier molecular flexibility index (Phi) is 11.9. The van der Waals surface area contributed by atoms with Gasteiger partial charge in [-0.1, -0.05) is 140 Å². The molecule has 1 atom stereocenters. The molecule has 0 radical (unpaired) electrons. The van der Waals surface area contributed by atoms with Crippen molar-refractivity contribution in [2.75, 3.05) is 19.6 Å². The maximum atomic E-state index is 2.54. The van der Waals surface area contributed by atoms with Gasteiger partial charge in [0.25, 0.3) is 0 Å². The van der Waals surface area contributed by atoms with Crippen molar-refractivity contribution in [2.45, 2.75) is 25.9 Å². The van der Waals surface area contributed by atoms with Gasteiger partial charge in [0.15, 0.2) is 0 Å². The van der Waals surface area contributed by atoms with Crippen molar-refractivity contribution < 1.29 is 0 Å². The molecule has 0 aliphatic heterocycles. The summed E-state index contributed by atoms with van der Waals surface area (Å²) < 4.78 is 0. The number of para-hydroxylation sites is 4. The predicted octanol–water partition coefficient (Wildman–Crippen LogP) is 17.0. The quantitative estimate of drug-likeness (QED) is 0.107. The number of aryl methyl sites for hydroxylation is 2. The Balaban J connectivity index is 1.18. The first-order chi connectivity index (χ1) is 32.5. The molecule has 1 aliphatic carbocycles. The summed E-state index contributed by atoms with van der Waals surface area (Å²) in [7, 11) is 0. The maximum absolute atomic E-state index is 2.54. The number of nitrogens with zero attached hydrogens (tertiary/aromatic N) is 4. The van der Waals surface area contributed by atoms with Gasteiger partial charge in [-0.25, -0.2) is 0 Å². The molecular formula is C62H52N4. The Bertz CT molecular complexity index is 2890. The van der Waals surface area contributed by atoms with Crippen LogP contribution in [-0.4, -0.2) is 5.66 Å². The fraction of sp³-hybridized carbons (Fsp3) is 0.0645. The van der Waals surface area contributed by atoms with Gasteiger partial charge >= 0.3 is 0 Å². The molecule has 4 nitrogen and oxygen atoms in total. The molecular weight excluding hydrogens is 801 g/mol. The largest absolute Gasteiger partial charge is 0.314 e. The van der Waals surface area contributed by atoms with Crippen LogP contribution in [0.15, 0.2) is 267 Å². The molecule has 0 amide bonds. The number of rotatable bonds is 13. The molecule has 0 spiro atoms. The van der Waals surface area contributed by atoms with E-state index in [0.717, 1.165) is 56.9 Å². The van der Waals surface area contributed by atoms with E-state index in [-0.39, 0.29) is 0 Å². The topological polar surface area (TPSA) is 13.0 Å². The molecule has 0 fully saturated rings. The van der Waals surface area contributed by atoms with E-state index in [2.05, 4.69) is 300 Å². The van der Waals surface area contributed by atoms with Crippen LogP contribution < -0.4 is 19.6 Å². The molecule has 0 N–H and O–H groups in total. The molecule has 1 aliphatic rings. The van der Waals surface area contributed by atoms with E-state index in [1.807, 2.05) is 0 Å². The van der Waals surface area contributed by atoms with E-state index < -0.39 is 5.66 Å². The lowest BCUT2D eigenvalue weighted by Gasteiger charge is -2.52. The van der Waals surface area contributed by atoms with Gasteiger partial charge in [0, 0.05) is 63.3 Å². The van der Waals surface area contributed by atoms with Crippen molar-refractivity contribution in [1.82, 2.24) is 0 Å². The molecule has 0 bridgehead atoms. The Labute approximate surface area is 389 Å². The highest BCUT2D eigenvalue weighted by atomic mass is 15.4. The van der Waals surface area contributed by atoms with Crippen molar-refractivity contribution in [3.63, 3.8) is 0 Å². The first-order valence-corrected chi connectivity index (χ1v) is 22.7. The summed E-state index contributed by atoms with van der Waals surface area (Å²) in [6.45, 7) is 4.30. The number of hydrogen-bond donors (Lipinski definition) is 0. The summed E-state index contributed by atoms with van der Waals surface area (Å²) in [5, 5.41) is 0. The van der Waals surface area contributed by atoms with Crippen molar-refractivity contribution in [2.24, 2.45) is 0 Å². The van der Waals surface area contributed by atoms with E-state index >= 15 is 0 Å². The Morgan fingerprint density at radius 3 is 1.00 bits per heavy atom. The van der Waals surface area contributed by atoms with E-state index in [9.17, 15) is 0 Å². The third-order valence-electron chi connectivity index (χ3n) is 12.3. The molecule has 66 heavy (non-hydrogen) atoms. The molecule has 0 saturated heterocycles. The minimum Gasteiger partial charge on any atom is -0.314 e. The standard InChI is InChI=1S/C62H52N4/c1-48-20-18-32-60(46-48)63(52-24-10-4-11-25-52)54-34-38-58(39-35-54)66(59-40-36-55(37-41-59)64(53-26-12-5-13-27-53)61-33-19-21-49(2)47-61)62(44-42-51(43-45-62)50-22-8-3-9-23-50)65(56-28-14-6-15-29-56)57-30-16-7-17-31-57/h3-44,46-47H,45H2,1-2H3. The fourth-order valence-corrected chi connectivity index (χ4v) is 9.33. The van der Waals surface area contributed by atoms with Crippen molar-refractivity contribution in [3.8, 4) is 0 Å². The summed E-state index contributed by atoms with van der Waals surface area (Å²) >= 11 is 0. The Morgan fingerprint density at radius 2 is 0.636 bits per heavy atom. The van der Waals surface area contributed by atoms with Crippen LogP contribution >= 0.6 is 0 Å².